The monoisotopic (exact) mass is 490 g/mol. The largest absolute Gasteiger partial charge is 0.462 e. The molecule has 0 atom stereocenters. The van der Waals surface area contributed by atoms with E-state index in [1.54, 1.807) is 27.9 Å². The quantitative estimate of drug-likeness (QED) is 0.552. The Labute approximate surface area is 204 Å². The predicted molar refractivity (Wildman–Crippen MR) is 128 cm³/mol. The van der Waals surface area contributed by atoms with Crippen LogP contribution in [0.25, 0.3) is 0 Å². The van der Waals surface area contributed by atoms with Gasteiger partial charge in [-0.2, -0.15) is 0 Å². The lowest BCUT2D eigenvalue weighted by Crippen LogP contribution is -2.47. The molecule has 4 fully saturated rings. The number of hydrogen-bond donors (Lipinski definition) is 1. The van der Waals surface area contributed by atoms with E-state index < -0.39 is 18.5 Å². The molecule has 4 aliphatic carbocycles. The Morgan fingerprint density at radius 2 is 1.62 bits per heavy atom. The predicted octanol–water partition coefficient (Wildman–Crippen LogP) is 4.02. The number of anilines is 1. The molecule has 4 saturated carbocycles. The number of rotatable bonds is 8. The molecule has 1 N–H and O–H groups in total. The van der Waals surface area contributed by atoms with Crippen LogP contribution < -0.4 is 5.32 Å². The van der Waals surface area contributed by atoms with Crippen LogP contribution in [0.4, 0.5) is 5.00 Å². The highest BCUT2D eigenvalue weighted by atomic mass is 32.1. The molecule has 2 amide bonds. The Morgan fingerprint density at radius 1 is 1.03 bits per heavy atom. The van der Waals surface area contributed by atoms with Crippen molar-refractivity contribution >= 4 is 40.1 Å². The standard InChI is InChI=1S/C25H34N2O6S/c1-5-32-24(31)20-14(2)21(23(30)27(3)4)34-22(20)26-18(28)13-33-19(29)12-25-9-15-6-16(10-25)8-17(7-15)11-25/h15-17H,5-13H2,1-4H3,(H,26,28). The van der Waals surface area contributed by atoms with Gasteiger partial charge in [-0.05, 0) is 81.1 Å². The molecule has 1 aromatic rings. The summed E-state index contributed by atoms with van der Waals surface area (Å²) in [4.78, 5) is 52.0. The molecular formula is C25H34N2O6S. The fourth-order valence-electron chi connectivity index (χ4n) is 6.63. The summed E-state index contributed by atoms with van der Waals surface area (Å²) < 4.78 is 10.5. The molecular weight excluding hydrogens is 456 g/mol. The highest BCUT2D eigenvalue weighted by molar-refractivity contribution is 7.18. The third-order valence-corrected chi connectivity index (χ3v) is 8.72. The second-order valence-corrected chi connectivity index (χ2v) is 11.5. The fourth-order valence-corrected chi connectivity index (χ4v) is 7.86. The minimum Gasteiger partial charge on any atom is -0.462 e. The molecule has 34 heavy (non-hydrogen) atoms. The van der Waals surface area contributed by atoms with E-state index in [1.165, 1.54) is 24.2 Å². The van der Waals surface area contributed by atoms with E-state index in [1.807, 2.05) is 0 Å². The van der Waals surface area contributed by atoms with Crippen LogP contribution in [0.15, 0.2) is 0 Å². The van der Waals surface area contributed by atoms with Crippen molar-refractivity contribution in [3.05, 3.63) is 16.0 Å². The van der Waals surface area contributed by atoms with Crippen LogP contribution in [0.1, 0.15) is 77.5 Å². The summed E-state index contributed by atoms with van der Waals surface area (Å²) in [6.45, 7) is 3.08. The SMILES string of the molecule is CCOC(=O)c1c(NC(=O)COC(=O)CC23CC4CC(CC(C4)C2)C3)sc(C(=O)N(C)C)c1C. The lowest BCUT2D eigenvalue weighted by Gasteiger charge is -2.56. The number of nitrogens with one attached hydrogen (secondary N) is 1. The highest BCUT2D eigenvalue weighted by Gasteiger charge is 2.51. The summed E-state index contributed by atoms with van der Waals surface area (Å²) in [5, 5.41) is 2.88. The van der Waals surface area contributed by atoms with Crippen molar-refractivity contribution < 1.29 is 28.7 Å². The molecule has 1 aromatic heterocycles. The van der Waals surface area contributed by atoms with Crippen molar-refractivity contribution in [3.8, 4) is 0 Å². The van der Waals surface area contributed by atoms with Crippen molar-refractivity contribution in [1.29, 1.82) is 0 Å². The molecule has 0 unspecified atom stereocenters. The summed E-state index contributed by atoms with van der Waals surface area (Å²) >= 11 is 1.02. The number of hydrogen-bond acceptors (Lipinski definition) is 7. The van der Waals surface area contributed by atoms with Crippen LogP contribution >= 0.6 is 11.3 Å². The van der Waals surface area contributed by atoms with Crippen LogP contribution in [0.5, 0.6) is 0 Å². The summed E-state index contributed by atoms with van der Waals surface area (Å²) in [5.41, 5.74) is 0.660. The van der Waals surface area contributed by atoms with Crippen LogP contribution in [0.3, 0.4) is 0 Å². The average molecular weight is 491 g/mol. The van der Waals surface area contributed by atoms with E-state index in [4.69, 9.17) is 9.47 Å². The fraction of sp³-hybridized carbons (Fsp3) is 0.680. The minimum absolute atomic E-state index is 0.0473. The summed E-state index contributed by atoms with van der Waals surface area (Å²) in [5.74, 6) is 0.459. The van der Waals surface area contributed by atoms with Crippen LogP contribution in [0, 0.1) is 30.1 Å². The maximum Gasteiger partial charge on any atom is 0.341 e. The molecule has 1 heterocycles. The molecule has 5 rings (SSSR count). The van der Waals surface area contributed by atoms with Crippen molar-refractivity contribution in [3.63, 3.8) is 0 Å². The van der Waals surface area contributed by atoms with Crippen molar-refractivity contribution in [2.45, 2.75) is 58.8 Å². The van der Waals surface area contributed by atoms with Gasteiger partial charge in [0.05, 0.1) is 23.5 Å². The number of ether oxygens (including phenoxy) is 2. The van der Waals surface area contributed by atoms with Crippen molar-refractivity contribution in [2.24, 2.45) is 23.2 Å². The van der Waals surface area contributed by atoms with Gasteiger partial charge >= 0.3 is 11.9 Å². The Kier molecular flexibility index (Phi) is 7.03. The minimum atomic E-state index is -0.608. The number of thiophene rings is 1. The van der Waals surface area contributed by atoms with Gasteiger partial charge in [0.15, 0.2) is 6.61 Å². The molecule has 0 aromatic carbocycles. The van der Waals surface area contributed by atoms with Crippen LogP contribution in [0.2, 0.25) is 0 Å². The Morgan fingerprint density at radius 3 is 2.15 bits per heavy atom. The molecule has 9 heteroatoms. The zero-order valence-electron chi connectivity index (χ0n) is 20.4. The first-order chi connectivity index (χ1) is 16.1. The first-order valence-electron chi connectivity index (χ1n) is 12.1. The second kappa shape index (κ2) is 9.68. The number of esters is 2. The lowest BCUT2D eigenvalue weighted by molar-refractivity contribution is -0.154. The van der Waals surface area contributed by atoms with E-state index in [2.05, 4.69) is 5.32 Å². The number of amides is 2. The smallest absolute Gasteiger partial charge is 0.341 e. The second-order valence-electron chi connectivity index (χ2n) is 10.5. The molecule has 0 aliphatic heterocycles. The van der Waals surface area contributed by atoms with Crippen molar-refractivity contribution in [2.75, 3.05) is 32.6 Å². The topological polar surface area (TPSA) is 102 Å². The maximum absolute atomic E-state index is 12.6. The Hall–Kier alpha value is -2.42. The number of carbonyl (C=O) groups excluding carboxylic acids is 4. The third kappa shape index (κ3) is 4.99. The van der Waals surface area contributed by atoms with Gasteiger partial charge in [0.1, 0.15) is 5.00 Å². The molecule has 0 radical (unpaired) electrons. The molecule has 4 bridgehead atoms. The van der Waals surface area contributed by atoms with Gasteiger partial charge in [0, 0.05) is 14.1 Å². The van der Waals surface area contributed by atoms with Gasteiger partial charge in [0.25, 0.3) is 11.8 Å². The van der Waals surface area contributed by atoms with Gasteiger partial charge < -0.3 is 19.7 Å². The van der Waals surface area contributed by atoms with E-state index in [0.717, 1.165) is 48.4 Å². The van der Waals surface area contributed by atoms with Crippen LogP contribution in [-0.2, 0) is 19.1 Å². The zero-order valence-corrected chi connectivity index (χ0v) is 21.2. The van der Waals surface area contributed by atoms with Gasteiger partial charge in [-0.1, -0.05) is 0 Å². The molecule has 186 valence electrons. The number of nitrogens with zero attached hydrogens (tertiary/aromatic N) is 1. The van der Waals surface area contributed by atoms with Crippen LogP contribution in [-0.4, -0.2) is 56.0 Å². The average Bonchev–Trinajstić information content (AvgIpc) is 3.06. The van der Waals surface area contributed by atoms with E-state index in [9.17, 15) is 19.2 Å². The molecule has 0 spiro atoms. The lowest BCUT2D eigenvalue weighted by atomic mass is 9.49. The first kappa shape index (κ1) is 24.7. The van der Waals surface area contributed by atoms with E-state index in [-0.39, 0.29) is 34.5 Å². The van der Waals surface area contributed by atoms with Crippen molar-refractivity contribution in [1.82, 2.24) is 4.90 Å². The first-order valence-corrected chi connectivity index (χ1v) is 12.9. The third-order valence-electron chi connectivity index (χ3n) is 7.53. The van der Waals surface area contributed by atoms with Gasteiger partial charge in [-0.3, -0.25) is 14.4 Å². The summed E-state index contributed by atoms with van der Waals surface area (Å²) in [6, 6.07) is 0. The van der Waals surface area contributed by atoms with Gasteiger partial charge in [-0.25, -0.2) is 4.79 Å². The van der Waals surface area contributed by atoms with Gasteiger partial charge in [-0.15, -0.1) is 11.3 Å². The van der Waals surface area contributed by atoms with E-state index >= 15 is 0 Å². The molecule has 4 aliphatic rings. The zero-order chi connectivity index (χ0) is 24.6. The van der Waals surface area contributed by atoms with Gasteiger partial charge in [0.2, 0.25) is 0 Å². The maximum atomic E-state index is 12.6. The summed E-state index contributed by atoms with van der Waals surface area (Å²) in [7, 11) is 3.24. The Balaban J connectivity index is 1.38. The molecule has 8 nitrogen and oxygen atoms in total. The highest BCUT2D eigenvalue weighted by Crippen LogP contribution is 2.61. The van der Waals surface area contributed by atoms with E-state index in [0.29, 0.717) is 16.9 Å². The number of carbonyl (C=O) groups is 4. The Bertz CT molecular complexity index is 962. The summed E-state index contributed by atoms with van der Waals surface area (Å²) in [6.07, 6.45) is 7.58. The molecule has 0 saturated heterocycles. The normalized spacial score (nSPS) is 26.8.